The Morgan fingerprint density at radius 2 is 2.32 bits per heavy atom. The summed E-state index contributed by atoms with van der Waals surface area (Å²) in [6.45, 7) is 1.43. The number of amides is 1. The number of carbonyl (C=O) groups excluding carboxylic acids is 1. The summed E-state index contributed by atoms with van der Waals surface area (Å²) in [5.41, 5.74) is 5.11. The summed E-state index contributed by atoms with van der Waals surface area (Å²) in [6, 6.07) is 1.39. The molecule has 0 spiro atoms. The molecule has 3 N–H and O–H groups in total. The van der Waals surface area contributed by atoms with Gasteiger partial charge in [0.05, 0.1) is 12.8 Å². The number of carbonyl (C=O) groups is 1. The van der Waals surface area contributed by atoms with Crippen molar-refractivity contribution < 1.29 is 9.53 Å². The highest BCUT2D eigenvalue weighted by atomic mass is 16.5. The van der Waals surface area contributed by atoms with Crippen LogP contribution in [0.4, 0.5) is 0 Å². The van der Waals surface area contributed by atoms with Crippen LogP contribution in [0.25, 0.3) is 0 Å². The van der Waals surface area contributed by atoms with Crippen LogP contribution in [0.15, 0.2) is 17.1 Å². The molecule has 0 aliphatic heterocycles. The summed E-state index contributed by atoms with van der Waals surface area (Å²) in [5, 5.41) is 6.52. The number of ether oxygens (including phenoxy) is 1. The van der Waals surface area contributed by atoms with Crippen LogP contribution in [-0.2, 0) is 11.3 Å². The molecule has 1 amide bonds. The molecule has 0 radical (unpaired) electrons. The Morgan fingerprint density at radius 1 is 1.53 bits per heavy atom. The van der Waals surface area contributed by atoms with Crippen molar-refractivity contribution in [1.82, 2.24) is 15.1 Å². The van der Waals surface area contributed by atoms with Crippen LogP contribution in [0, 0.1) is 0 Å². The average molecular weight is 268 g/mol. The predicted molar refractivity (Wildman–Crippen MR) is 71.0 cm³/mol. The SMILES string of the molecule is CNC(=O)CCCn1ncc(OCCCN)cc1=O. The smallest absolute Gasteiger partial charge is 0.270 e. The lowest BCUT2D eigenvalue weighted by molar-refractivity contribution is -0.120. The molecule has 0 atom stereocenters. The Kier molecular flexibility index (Phi) is 6.59. The summed E-state index contributed by atoms with van der Waals surface area (Å²) in [5.74, 6) is 0.399. The van der Waals surface area contributed by atoms with Crippen molar-refractivity contribution in [2.45, 2.75) is 25.8 Å². The predicted octanol–water partition coefficient (Wildman–Crippen LogP) is -0.503. The van der Waals surface area contributed by atoms with Crippen molar-refractivity contribution in [2.24, 2.45) is 5.73 Å². The first-order valence-electron chi connectivity index (χ1n) is 6.28. The van der Waals surface area contributed by atoms with E-state index >= 15 is 0 Å². The molecular weight excluding hydrogens is 248 g/mol. The molecule has 0 saturated heterocycles. The molecule has 1 aromatic heterocycles. The highest BCUT2D eigenvalue weighted by molar-refractivity contribution is 5.75. The second kappa shape index (κ2) is 8.25. The first-order chi connectivity index (χ1) is 9.17. The van der Waals surface area contributed by atoms with Crippen molar-refractivity contribution in [3.63, 3.8) is 0 Å². The van der Waals surface area contributed by atoms with Crippen LogP contribution in [0.1, 0.15) is 19.3 Å². The van der Waals surface area contributed by atoms with Gasteiger partial charge in [-0.25, -0.2) is 4.68 Å². The molecule has 19 heavy (non-hydrogen) atoms. The van der Waals surface area contributed by atoms with Crippen LogP contribution in [0.3, 0.4) is 0 Å². The molecule has 1 heterocycles. The van der Waals surface area contributed by atoms with Gasteiger partial charge in [0.25, 0.3) is 5.56 Å². The van der Waals surface area contributed by atoms with Crippen LogP contribution >= 0.6 is 0 Å². The summed E-state index contributed by atoms with van der Waals surface area (Å²) < 4.78 is 6.64. The Morgan fingerprint density at radius 3 is 2.95 bits per heavy atom. The quantitative estimate of drug-likeness (QED) is 0.619. The largest absolute Gasteiger partial charge is 0.492 e. The highest BCUT2D eigenvalue weighted by Gasteiger charge is 2.03. The number of aryl methyl sites for hydroxylation is 1. The van der Waals surface area contributed by atoms with Gasteiger partial charge in [-0.3, -0.25) is 9.59 Å². The number of nitrogens with one attached hydrogen (secondary N) is 1. The summed E-state index contributed by atoms with van der Waals surface area (Å²) in [4.78, 5) is 22.8. The molecular formula is C12H20N4O3. The molecule has 0 fully saturated rings. The van der Waals surface area contributed by atoms with E-state index in [0.29, 0.717) is 38.3 Å². The molecule has 0 unspecified atom stereocenters. The van der Waals surface area contributed by atoms with Gasteiger partial charge in [0.2, 0.25) is 5.91 Å². The van der Waals surface area contributed by atoms with Gasteiger partial charge in [-0.05, 0) is 19.4 Å². The maximum absolute atomic E-state index is 11.7. The van der Waals surface area contributed by atoms with Crippen LogP contribution in [0.2, 0.25) is 0 Å². The van der Waals surface area contributed by atoms with E-state index < -0.39 is 0 Å². The maximum Gasteiger partial charge on any atom is 0.270 e. The lowest BCUT2D eigenvalue weighted by atomic mass is 10.3. The lowest BCUT2D eigenvalue weighted by Gasteiger charge is -2.07. The van der Waals surface area contributed by atoms with E-state index in [-0.39, 0.29) is 11.5 Å². The topological polar surface area (TPSA) is 99.2 Å². The average Bonchev–Trinajstić information content (AvgIpc) is 2.41. The number of hydrogen-bond acceptors (Lipinski definition) is 5. The van der Waals surface area contributed by atoms with E-state index in [4.69, 9.17) is 10.5 Å². The van der Waals surface area contributed by atoms with Crippen molar-refractivity contribution >= 4 is 5.91 Å². The number of rotatable bonds is 8. The minimum absolute atomic E-state index is 0.0465. The molecule has 0 aliphatic rings. The standard InChI is InChI=1S/C12H20N4O3/c1-14-11(17)4-2-6-16-12(18)8-10(9-15-16)19-7-3-5-13/h8-9H,2-7,13H2,1H3,(H,14,17). The Balaban J connectivity index is 2.48. The van der Waals surface area contributed by atoms with E-state index in [1.807, 2.05) is 0 Å². The third-order valence-electron chi connectivity index (χ3n) is 2.51. The van der Waals surface area contributed by atoms with Gasteiger partial charge in [-0.1, -0.05) is 0 Å². The number of aromatic nitrogens is 2. The van der Waals surface area contributed by atoms with Gasteiger partial charge in [0.15, 0.2) is 0 Å². The fraction of sp³-hybridized carbons (Fsp3) is 0.583. The monoisotopic (exact) mass is 268 g/mol. The van der Waals surface area contributed by atoms with Crippen molar-refractivity contribution in [3.05, 3.63) is 22.6 Å². The number of nitrogens with two attached hydrogens (primary N) is 1. The third kappa shape index (κ3) is 5.52. The molecule has 1 aromatic rings. The number of hydrogen-bond donors (Lipinski definition) is 2. The normalized spacial score (nSPS) is 10.2. The lowest BCUT2D eigenvalue weighted by Crippen LogP contribution is -2.24. The van der Waals surface area contributed by atoms with Gasteiger partial charge in [-0.15, -0.1) is 0 Å². The van der Waals surface area contributed by atoms with E-state index in [1.165, 1.54) is 16.9 Å². The molecule has 106 valence electrons. The van der Waals surface area contributed by atoms with Gasteiger partial charge < -0.3 is 15.8 Å². The minimum Gasteiger partial charge on any atom is -0.492 e. The first-order valence-corrected chi connectivity index (χ1v) is 6.28. The van der Waals surface area contributed by atoms with Crippen molar-refractivity contribution in [3.8, 4) is 5.75 Å². The van der Waals surface area contributed by atoms with Gasteiger partial charge in [0.1, 0.15) is 5.75 Å². The van der Waals surface area contributed by atoms with Gasteiger partial charge in [0, 0.05) is 26.1 Å². The van der Waals surface area contributed by atoms with Crippen molar-refractivity contribution in [2.75, 3.05) is 20.2 Å². The molecule has 0 bridgehead atoms. The van der Waals surface area contributed by atoms with Crippen LogP contribution in [0.5, 0.6) is 5.75 Å². The Hall–Kier alpha value is -1.89. The van der Waals surface area contributed by atoms with E-state index in [2.05, 4.69) is 10.4 Å². The van der Waals surface area contributed by atoms with E-state index in [9.17, 15) is 9.59 Å². The minimum atomic E-state index is -0.234. The molecule has 0 aromatic carbocycles. The van der Waals surface area contributed by atoms with Crippen LogP contribution in [-0.4, -0.2) is 35.9 Å². The maximum atomic E-state index is 11.7. The summed E-state index contributed by atoms with van der Waals surface area (Å²) in [7, 11) is 1.58. The van der Waals surface area contributed by atoms with Crippen molar-refractivity contribution in [1.29, 1.82) is 0 Å². The Labute approximate surface area is 111 Å². The second-order valence-corrected chi connectivity index (χ2v) is 4.02. The first kappa shape index (κ1) is 15.2. The molecule has 7 heteroatoms. The zero-order valence-corrected chi connectivity index (χ0v) is 11.1. The van der Waals surface area contributed by atoms with Crippen LogP contribution < -0.4 is 21.3 Å². The molecule has 0 aliphatic carbocycles. The third-order valence-corrected chi connectivity index (χ3v) is 2.51. The zero-order chi connectivity index (χ0) is 14.1. The second-order valence-electron chi connectivity index (χ2n) is 4.02. The molecule has 0 saturated carbocycles. The molecule has 7 nitrogen and oxygen atoms in total. The fourth-order valence-corrected chi connectivity index (χ4v) is 1.45. The van der Waals surface area contributed by atoms with E-state index in [1.54, 1.807) is 7.05 Å². The molecule has 1 rings (SSSR count). The summed E-state index contributed by atoms with van der Waals surface area (Å²) >= 11 is 0. The van der Waals surface area contributed by atoms with Gasteiger partial charge in [-0.2, -0.15) is 5.10 Å². The van der Waals surface area contributed by atoms with Gasteiger partial charge >= 0.3 is 0 Å². The highest BCUT2D eigenvalue weighted by Crippen LogP contribution is 2.04. The number of nitrogens with zero attached hydrogens (tertiary/aromatic N) is 2. The fourth-order valence-electron chi connectivity index (χ4n) is 1.45. The van der Waals surface area contributed by atoms with E-state index in [0.717, 1.165) is 6.42 Å². The zero-order valence-electron chi connectivity index (χ0n) is 11.1. The summed E-state index contributed by atoms with van der Waals surface area (Å²) in [6.07, 6.45) is 3.17. The Bertz CT molecular complexity index is 459.